The van der Waals surface area contributed by atoms with Crippen molar-refractivity contribution in [2.24, 2.45) is 0 Å². The number of thioether (sulfide) groups is 1. The van der Waals surface area contributed by atoms with E-state index in [1.807, 2.05) is 97.1 Å². The minimum absolute atomic E-state index is 0.0362. The topological polar surface area (TPSA) is 157 Å². The van der Waals surface area contributed by atoms with Crippen LogP contribution in [0, 0.1) is 11.3 Å². The molecule has 0 spiro atoms. The van der Waals surface area contributed by atoms with Gasteiger partial charge < -0.3 is 32.7 Å². The van der Waals surface area contributed by atoms with Gasteiger partial charge in [-0.25, -0.2) is 19.1 Å². The molecule has 5 atom stereocenters. The van der Waals surface area contributed by atoms with Crippen LogP contribution in [0.25, 0.3) is 5.82 Å². The second kappa shape index (κ2) is 26.7. The SMILES string of the molecule is COc1ccc(C(OC[C@H]2O[C@@H](n3ccc(-n4cncn4)nc3=O)[C@H](OCCSC(c3ccccc3)(c3ccccc3)c3ccccc3)[C@@H]2OP(OCCC#N)N(C(C)C)C(C)C)(c2ccccc2)c2ccc(OC)cc2)cc1. The van der Waals surface area contributed by atoms with Crippen LogP contribution in [0.3, 0.4) is 0 Å². The average molecular weight is 1100 g/mol. The summed E-state index contributed by atoms with van der Waals surface area (Å²) in [7, 11) is 1.37. The largest absolute Gasteiger partial charge is 0.497 e. The summed E-state index contributed by atoms with van der Waals surface area (Å²) >= 11 is 1.76. The maximum absolute atomic E-state index is 14.6. The van der Waals surface area contributed by atoms with Crippen molar-refractivity contribution < 1.29 is 32.7 Å². The van der Waals surface area contributed by atoms with Gasteiger partial charge in [0.25, 0.3) is 8.53 Å². The first kappa shape index (κ1) is 56.7. The number of hydrogen-bond donors (Lipinski definition) is 0. The summed E-state index contributed by atoms with van der Waals surface area (Å²) < 4.78 is 51.8. The summed E-state index contributed by atoms with van der Waals surface area (Å²) in [4.78, 5) is 23.1. The molecule has 15 nitrogen and oxygen atoms in total. The molecule has 1 unspecified atom stereocenters. The maximum Gasteiger partial charge on any atom is 0.351 e. The lowest BCUT2D eigenvalue weighted by atomic mass is 9.80. The number of methoxy groups -OCH3 is 2. The third-order valence-corrected chi connectivity index (χ3v) is 17.4. The van der Waals surface area contributed by atoms with Crippen molar-refractivity contribution in [3.8, 4) is 23.4 Å². The smallest absolute Gasteiger partial charge is 0.351 e. The molecule has 0 N–H and O–H groups in total. The van der Waals surface area contributed by atoms with E-state index in [4.69, 9.17) is 32.7 Å². The van der Waals surface area contributed by atoms with E-state index in [2.05, 4.69) is 126 Å². The van der Waals surface area contributed by atoms with Crippen LogP contribution in [-0.4, -0.2) is 99.2 Å². The normalized spacial score (nSPS) is 17.0. The summed E-state index contributed by atoms with van der Waals surface area (Å²) in [6.45, 7) is 8.60. The van der Waals surface area contributed by atoms with E-state index in [0.717, 1.165) is 33.4 Å². The van der Waals surface area contributed by atoms with Gasteiger partial charge in [-0.1, -0.05) is 146 Å². The van der Waals surface area contributed by atoms with E-state index in [9.17, 15) is 10.1 Å². The molecular weight excluding hydrogens is 1030 g/mol. The molecule has 1 aliphatic heterocycles. The quantitative estimate of drug-likeness (QED) is 0.0286. The van der Waals surface area contributed by atoms with E-state index >= 15 is 0 Å². The van der Waals surface area contributed by atoms with Crippen LogP contribution in [0.1, 0.15) is 73.7 Å². The van der Waals surface area contributed by atoms with Crippen molar-refractivity contribution in [3.63, 3.8) is 0 Å². The van der Waals surface area contributed by atoms with Gasteiger partial charge in [-0.05, 0) is 91.4 Å². The molecule has 1 fully saturated rings. The number of benzene rings is 6. The molecule has 17 heteroatoms. The first-order chi connectivity index (χ1) is 38.6. The highest BCUT2D eigenvalue weighted by molar-refractivity contribution is 8.00. The molecule has 79 heavy (non-hydrogen) atoms. The van der Waals surface area contributed by atoms with Gasteiger partial charge in [0.05, 0.1) is 51.3 Å². The molecule has 1 saturated heterocycles. The van der Waals surface area contributed by atoms with Crippen molar-refractivity contribution in [2.75, 3.05) is 39.8 Å². The van der Waals surface area contributed by atoms with Gasteiger partial charge >= 0.3 is 5.69 Å². The van der Waals surface area contributed by atoms with E-state index in [1.54, 1.807) is 38.2 Å². The van der Waals surface area contributed by atoms with Gasteiger partial charge in [0, 0.05) is 24.0 Å². The second-order valence-corrected chi connectivity index (χ2v) is 22.0. The Balaban J connectivity index is 1.17. The van der Waals surface area contributed by atoms with Crippen LogP contribution < -0.4 is 15.2 Å². The predicted molar refractivity (Wildman–Crippen MR) is 307 cm³/mol. The molecule has 1 aliphatic rings. The molecule has 8 aromatic rings. The predicted octanol–water partition coefficient (Wildman–Crippen LogP) is 11.5. The lowest BCUT2D eigenvalue weighted by Gasteiger charge is -2.39. The van der Waals surface area contributed by atoms with E-state index in [1.165, 1.54) is 21.9 Å². The zero-order chi connectivity index (χ0) is 55.2. The highest BCUT2D eigenvalue weighted by atomic mass is 32.2. The molecular formula is C62H66N7O8PS. The summed E-state index contributed by atoms with van der Waals surface area (Å²) in [5.41, 5.74) is 3.96. The minimum atomic E-state index is -1.90. The Morgan fingerprint density at radius 3 is 1.68 bits per heavy atom. The molecule has 9 rings (SSSR count). The molecule has 0 bridgehead atoms. The Hall–Kier alpha value is -7.03. The fraction of sp³-hybridized carbons (Fsp3) is 0.306. The number of ether oxygens (including phenoxy) is 5. The Morgan fingerprint density at radius 1 is 0.696 bits per heavy atom. The number of hydrogen-bond acceptors (Lipinski definition) is 14. The van der Waals surface area contributed by atoms with Crippen molar-refractivity contribution >= 4 is 20.3 Å². The highest BCUT2D eigenvalue weighted by Crippen LogP contribution is 2.52. The summed E-state index contributed by atoms with van der Waals surface area (Å²) in [6.07, 6.45) is 0.750. The van der Waals surface area contributed by atoms with Crippen LogP contribution in [0.5, 0.6) is 11.5 Å². The highest BCUT2D eigenvalue weighted by Gasteiger charge is 2.52. The average Bonchev–Trinajstić information content (AvgIpc) is 4.24. The van der Waals surface area contributed by atoms with Gasteiger partial charge in [0.15, 0.2) is 12.0 Å². The summed E-state index contributed by atoms with van der Waals surface area (Å²) in [5, 5.41) is 14.0. The van der Waals surface area contributed by atoms with Gasteiger partial charge in [-0.2, -0.15) is 15.3 Å². The van der Waals surface area contributed by atoms with Crippen LogP contribution in [0.15, 0.2) is 200 Å². The van der Waals surface area contributed by atoms with Crippen LogP contribution in [0.4, 0.5) is 0 Å². The van der Waals surface area contributed by atoms with Crippen molar-refractivity contribution in [3.05, 3.63) is 239 Å². The molecule has 2 aromatic heterocycles. The van der Waals surface area contributed by atoms with E-state index < -0.39 is 49.1 Å². The lowest BCUT2D eigenvalue weighted by molar-refractivity contribution is -0.0970. The second-order valence-electron chi connectivity index (χ2n) is 19.3. The third-order valence-electron chi connectivity index (χ3n) is 13.8. The van der Waals surface area contributed by atoms with Crippen LogP contribution in [0.2, 0.25) is 0 Å². The van der Waals surface area contributed by atoms with E-state index in [0.29, 0.717) is 17.3 Å². The first-order valence-electron chi connectivity index (χ1n) is 26.4. The molecule has 0 aliphatic carbocycles. The van der Waals surface area contributed by atoms with Gasteiger partial charge in [-0.3, -0.25) is 4.57 Å². The van der Waals surface area contributed by atoms with Crippen LogP contribution in [-0.2, 0) is 33.6 Å². The van der Waals surface area contributed by atoms with Crippen molar-refractivity contribution in [1.82, 2.24) is 29.0 Å². The molecule has 6 aromatic carbocycles. The minimum Gasteiger partial charge on any atom is -0.497 e. The zero-order valence-electron chi connectivity index (χ0n) is 45.2. The summed E-state index contributed by atoms with van der Waals surface area (Å²) in [5.74, 6) is 2.14. The number of nitriles is 1. The Kier molecular flexibility index (Phi) is 19.2. The Labute approximate surface area is 468 Å². The standard InChI is InChI=1S/C62H66N7O8PS/c1-45(2)69(46(3)4)78(75-39-19-37-63)77-57-55(42-74-61(47-20-11-7-12-21-47,48-28-32-53(71-5)33-29-48)49-30-34-54(72-6)35-31-49)76-59(67-38-36-56(66-60(67)70)68-44-64-43-65-68)58(57)73-40-41-79-62(50-22-13-8-14-23-50,51-24-15-9-16-25-51)52-26-17-10-18-27-52/h7-18,20-36,38,43-46,55,57-59H,19,39-42H2,1-6H3/t55-,57-,58-,59-,78?/m1/s1. The fourth-order valence-corrected chi connectivity index (χ4v) is 13.4. The third kappa shape index (κ3) is 12.6. The molecule has 0 radical (unpaired) electrons. The Morgan fingerprint density at radius 2 is 1.22 bits per heavy atom. The number of nitrogens with zero attached hydrogens (tertiary/aromatic N) is 7. The maximum atomic E-state index is 14.6. The monoisotopic (exact) mass is 1100 g/mol. The molecule has 0 amide bonds. The molecule has 0 saturated carbocycles. The number of rotatable bonds is 26. The number of aromatic nitrogens is 5. The zero-order valence-corrected chi connectivity index (χ0v) is 46.9. The Bertz CT molecular complexity index is 3080. The molecule has 3 heterocycles. The lowest BCUT2D eigenvalue weighted by Crippen LogP contribution is -2.43. The first-order valence-corrected chi connectivity index (χ1v) is 28.5. The van der Waals surface area contributed by atoms with Gasteiger partial charge in [-0.15, -0.1) is 11.8 Å². The fourth-order valence-electron chi connectivity index (χ4n) is 10.2. The van der Waals surface area contributed by atoms with Crippen LogP contribution >= 0.6 is 20.3 Å². The van der Waals surface area contributed by atoms with Gasteiger partial charge in [0.1, 0.15) is 48.1 Å². The van der Waals surface area contributed by atoms with Crippen molar-refractivity contribution in [1.29, 1.82) is 5.26 Å². The van der Waals surface area contributed by atoms with Gasteiger partial charge in [0.2, 0.25) is 0 Å². The summed E-state index contributed by atoms with van der Waals surface area (Å²) in [6, 6.07) is 61.1. The molecule has 408 valence electrons. The van der Waals surface area contributed by atoms with E-state index in [-0.39, 0.29) is 44.1 Å². The van der Waals surface area contributed by atoms with Crippen molar-refractivity contribution in [2.45, 2.75) is 81.1 Å².